The summed E-state index contributed by atoms with van der Waals surface area (Å²) in [6.07, 6.45) is -0.360. The minimum Gasteiger partial charge on any atom is -0.392 e. The summed E-state index contributed by atoms with van der Waals surface area (Å²) in [6, 6.07) is 0. The van der Waals surface area contributed by atoms with Gasteiger partial charge in [0.25, 0.3) is 0 Å². The second kappa shape index (κ2) is 7.25. The Hall–Kier alpha value is 0.140. The Bertz CT molecular complexity index is 72.8. The molecule has 0 aromatic rings. The van der Waals surface area contributed by atoms with Crippen LogP contribution in [0.2, 0.25) is 0 Å². The lowest BCUT2D eigenvalue weighted by Gasteiger charge is -2.15. The molecule has 10 heavy (non-hydrogen) atoms. The molecule has 1 atom stereocenters. The standard InChI is InChI=1S/C6H14FNO.ClH/c1-6(9)5-8(2)4-3-7;/h6,9H,3-5H2,1-2H3;1H/t6-;/m0./s1. The summed E-state index contributed by atoms with van der Waals surface area (Å²) >= 11 is 0. The van der Waals surface area contributed by atoms with Crippen LogP contribution >= 0.6 is 12.4 Å². The highest BCUT2D eigenvalue weighted by Gasteiger charge is 2.00. The molecule has 0 radical (unpaired) electrons. The highest BCUT2D eigenvalue weighted by Crippen LogP contribution is 1.86. The monoisotopic (exact) mass is 171 g/mol. The molecule has 0 saturated heterocycles. The van der Waals surface area contributed by atoms with E-state index < -0.39 is 0 Å². The number of alkyl halides is 1. The van der Waals surface area contributed by atoms with Gasteiger partial charge < -0.3 is 10.0 Å². The van der Waals surface area contributed by atoms with E-state index in [2.05, 4.69) is 0 Å². The summed E-state index contributed by atoms with van der Waals surface area (Å²) in [7, 11) is 1.78. The van der Waals surface area contributed by atoms with Gasteiger partial charge in [-0.2, -0.15) is 0 Å². The number of aliphatic hydroxyl groups is 1. The first kappa shape index (κ1) is 12.8. The highest BCUT2D eigenvalue weighted by molar-refractivity contribution is 5.85. The van der Waals surface area contributed by atoms with E-state index in [0.717, 1.165) is 0 Å². The summed E-state index contributed by atoms with van der Waals surface area (Å²) in [4.78, 5) is 1.75. The van der Waals surface area contributed by atoms with E-state index in [0.29, 0.717) is 13.1 Å². The predicted molar refractivity (Wildman–Crippen MR) is 42.4 cm³/mol. The quantitative estimate of drug-likeness (QED) is 0.673. The Morgan fingerprint density at radius 3 is 2.40 bits per heavy atom. The van der Waals surface area contributed by atoms with Crippen LogP contribution in [0, 0.1) is 0 Å². The highest BCUT2D eigenvalue weighted by atomic mass is 35.5. The first-order chi connectivity index (χ1) is 4.16. The molecular formula is C6H15ClFNO. The van der Waals surface area contributed by atoms with E-state index in [1.165, 1.54) is 0 Å². The van der Waals surface area contributed by atoms with Crippen LogP contribution in [0.15, 0.2) is 0 Å². The topological polar surface area (TPSA) is 23.5 Å². The second-order valence-corrected chi connectivity index (χ2v) is 2.30. The molecule has 0 bridgehead atoms. The molecule has 2 nitrogen and oxygen atoms in total. The first-order valence-corrected chi connectivity index (χ1v) is 3.09. The summed E-state index contributed by atoms with van der Waals surface area (Å²) in [5.74, 6) is 0. The molecule has 0 heterocycles. The average molecular weight is 172 g/mol. The fourth-order valence-corrected chi connectivity index (χ4v) is 0.687. The summed E-state index contributed by atoms with van der Waals surface area (Å²) in [5.41, 5.74) is 0. The van der Waals surface area contributed by atoms with Crippen molar-refractivity contribution in [2.45, 2.75) is 13.0 Å². The maximum atomic E-state index is 11.6. The first-order valence-electron chi connectivity index (χ1n) is 3.09. The molecular weight excluding hydrogens is 157 g/mol. The average Bonchev–Trinajstić information content (AvgIpc) is 1.63. The third kappa shape index (κ3) is 8.14. The second-order valence-electron chi connectivity index (χ2n) is 2.30. The number of rotatable bonds is 4. The van der Waals surface area contributed by atoms with E-state index in [9.17, 15) is 4.39 Å². The van der Waals surface area contributed by atoms with Crippen molar-refractivity contribution in [3.63, 3.8) is 0 Å². The molecule has 0 saturated carbocycles. The number of aliphatic hydroxyl groups excluding tert-OH is 1. The maximum absolute atomic E-state index is 11.6. The van der Waals surface area contributed by atoms with Crippen molar-refractivity contribution in [1.29, 1.82) is 0 Å². The lowest BCUT2D eigenvalue weighted by atomic mass is 10.4. The van der Waals surface area contributed by atoms with Gasteiger partial charge in [0.15, 0.2) is 0 Å². The van der Waals surface area contributed by atoms with Crippen molar-refractivity contribution >= 4 is 12.4 Å². The minimum absolute atomic E-state index is 0. The minimum atomic E-state index is -0.360. The zero-order valence-corrected chi connectivity index (χ0v) is 7.20. The molecule has 0 aliphatic carbocycles. The van der Waals surface area contributed by atoms with Crippen LogP contribution in [0.4, 0.5) is 4.39 Å². The van der Waals surface area contributed by atoms with Crippen molar-refractivity contribution in [3.05, 3.63) is 0 Å². The van der Waals surface area contributed by atoms with E-state index in [1.54, 1.807) is 18.9 Å². The molecule has 64 valence electrons. The number of likely N-dealkylation sites (N-methyl/N-ethyl adjacent to an activating group) is 1. The Kier molecular flexibility index (Phi) is 9.27. The van der Waals surface area contributed by atoms with Crippen LogP contribution in [0.5, 0.6) is 0 Å². The van der Waals surface area contributed by atoms with Gasteiger partial charge in [0.1, 0.15) is 6.67 Å². The summed E-state index contributed by atoms with van der Waals surface area (Å²) in [6.45, 7) is 2.30. The third-order valence-corrected chi connectivity index (χ3v) is 1.04. The van der Waals surface area contributed by atoms with Crippen LogP contribution < -0.4 is 0 Å². The molecule has 0 fully saturated rings. The molecule has 0 aromatic carbocycles. The summed E-state index contributed by atoms with van der Waals surface area (Å²) in [5, 5.41) is 8.79. The Morgan fingerprint density at radius 1 is 1.60 bits per heavy atom. The Balaban J connectivity index is 0. The molecule has 1 N–H and O–H groups in total. The Labute approximate surface area is 67.4 Å². The van der Waals surface area contributed by atoms with Crippen molar-refractivity contribution in [2.24, 2.45) is 0 Å². The van der Waals surface area contributed by atoms with E-state index >= 15 is 0 Å². The van der Waals surface area contributed by atoms with Crippen molar-refractivity contribution < 1.29 is 9.50 Å². The molecule has 4 heteroatoms. The lowest BCUT2D eigenvalue weighted by Crippen LogP contribution is -2.28. The van der Waals surface area contributed by atoms with E-state index in [4.69, 9.17) is 5.11 Å². The van der Waals surface area contributed by atoms with Gasteiger partial charge in [0.05, 0.1) is 6.10 Å². The van der Waals surface area contributed by atoms with Gasteiger partial charge in [-0.3, -0.25) is 0 Å². The van der Waals surface area contributed by atoms with Gasteiger partial charge in [0.2, 0.25) is 0 Å². The van der Waals surface area contributed by atoms with Crippen LogP contribution in [-0.4, -0.2) is 42.9 Å². The van der Waals surface area contributed by atoms with Crippen LogP contribution in [0.25, 0.3) is 0 Å². The zero-order chi connectivity index (χ0) is 7.28. The largest absolute Gasteiger partial charge is 0.392 e. The molecule has 0 amide bonds. The maximum Gasteiger partial charge on any atom is 0.102 e. The SMILES string of the molecule is C[C@H](O)CN(C)CCF.Cl. The third-order valence-electron chi connectivity index (χ3n) is 1.04. The van der Waals surface area contributed by atoms with Gasteiger partial charge in [0, 0.05) is 13.1 Å². The predicted octanol–water partition coefficient (Wildman–Crippen LogP) is 0.690. The zero-order valence-electron chi connectivity index (χ0n) is 6.38. The van der Waals surface area contributed by atoms with Crippen molar-refractivity contribution in [3.8, 4) is 0 Å². The van der Waals surface area contributed by atoms with Gasteiger partial charge in [-0.1, -0.05) is 0 Å². The van der Waals surface area contributed by atoms with Crippen LogP contribution in [-0.2, 0) is 0 Å². The van der Waals surface area contributed by atoms with Gasteiger partial charge >= 0.3 is 0 Å². The Morgan fingerprint density at radius 2 is 2.10 bits per heavy atom. The van der Waals surface area contributed by atoms with Gasteiger partial charge in [-0.05, 0) is 14.0 Å². The fourth-order valence-electron chi connectivity index (χ4n) is 0.687. The normalized spacial score (nSPS) is 12.9. The number of halogens is 2. The number of nitrogens with zero attached hydrogens (tertiary/aromatic N) is 1. The molecule has 0 rings (SSSR count). The molecule has 0 aliphatic rings. The van der Waals surface area contributed by atoms with E-state index in [-0.39, 0.29) is 25.2 Å². The molecule has 0 aliphatic heterocycles. The molecule has 0 unspecified atom stereocenters. The van der Waals surface area contributed by atoms with Gasteiger partial charge in [-0.25, -0.2) is 4.39 Å². The number of hydrogen-bond donors (Lipinski definition) is 1. The van der Waals surface area contributed by atoms with Gasteiger partial charge in [-0.15, -0.1) is 12.4 Å². The number of hydrogen-bond acceptors (Lipinski definition) is 2. The van der Waals surface area contributed by atoms with Crippen molar-refractivity contribution in [1.82, 2.24) is 4.90 Å². The summed E-state index contributed by atoms with van der Waals surface area (Å²) < 4.78 is 11.6. The smallest absolute Gasteiger partial charge is 0.102 e. The van der Waals surface area contributed by atoms with E-state index in [1.807, 2.05) is 0 Å². The van der Waals surface area contributed by atoms with Crippen molar-refractivity contribution in [2.75, 3.05) is 26.8 Å². The molecule has 0 aromatic heterocycles. The lowest BCUT2D eigenvalue weighted by molar-refractivity contribution is 0.137. The molecule has 0 spiro atoms. The fraction of sp³-hybridized carbons (Fsp3) is 1.00. The van der Waals surface area contributed by atoms with Crippen LogP contribution in [0.3, 0.4) is 0 Å². The van der Waals surface area contributed by atoms with Crippen LogP contribution in [0.1, 0.15) is 6.92 Å².